The predicted molar refractivity (Wildman–Crippen MR) is 78.8 cm³/mol. The number of fused-ring (bicyclic) bond motifs is 1. The number of sulfone groups is 1. The first-order valence-electron chi connectivity index (χ1n) is 6.39. The molecule has 0 radical (unpaired) electrons. The highest BCUT2D eigenvalue weighted by molar-refractivity contribution is 7.90. The number of pyridine rings is 1. The van der Waals surface area contributed by atoms with Crippen molar-refractivity contribution in [3.63, 3.8) is 0 Å². The minimum absolute atomic E-state index is 0.129. The number of aromatic nitrogens is 3. The molecule has 8 nitrogen and oxygen atoms in total. The molecule has 0 bridgehead atoms. The summed E-state index contributed by atoms with van der Waals surface area (Å²) < 4.78 is 35.1. The van der Waals surface area contributed by atoms with Gasteiger partial charge in [-0.2, -0.15) is 0 Å². The second-order valence-corrected chi connectivity index (χ2v) is 7.58. The number of carbonyl (C=O) groups excluding carboxylic acids is 1. The van der Waals surface area contributed by atoms with Gasteiger partial charge in [-0.1, -0.05) is 0 Å². The third-order valence-electron chi connectivity index (χ3n) is 2.61. The minimum Gasteiger partial charge on any atom is -0.479 e. The van der Waals surface area contributed by atoms with Crippen LogP contribution in [0.4, 0.5) is 4.79 Å². The van der Waals surface area contributed by atoms with Crippen LogP contribution in [-0.2, 0) is 14.6 Å². The van der Waals surface area contributed by atoms with Gasteiger partial charge < -0.3 is 9.47 Å². The monoisotopic (exact) mass is 327 g/mol. The van der Waals surface area contributed by atoms with Crippen molar-refractivity contribution in [2.24, 2.45) is 0 Å². The second kappa shape index (κ2) is 5.24. The summed E-state index contributed by atoms with van der Waals surface area (Å²) in [6.07, 6.45) is 1.54. The summed E-state index contributed by atoms with van der Waals surface area (Å²) in [4.78, 5) is 20.3. The summed E-state index contributed by atoms with van der Waals surface area (Å²) in [5.74, 6) is 0.129. The quantitative estimate of drug-likeness (QED) is 0.826. The number of ether oxygens (including phenoxy) is 2. The van der Waals surface area contributed by atoms with E-state index in [0.29, 0.717) is 0 Å². The van der Waals surface area contributed by atoms with E-state index in [0.717, 1.165) is 10.8 Å². The highest BCUT2D eigenvalue weighted by atomic mass is 32.2. The molecular weight excluding hydrogens is 310 g/mol. The smallest absolute Gasteiger partial charge is 0.421 e. The Kier molecular flexibility index (Phi) is 3.86. The Labute approximate surface area is 128 Å². The van der Waals surface area contributed by atoms with Gasteiger partial charge in [0.05, 0.1) is 12.6 Å². The molecule has 2 heterocycles. The number of hydrogen-bond donors (Lipinski definition) is 0. The van der Waals surface area contributed by atoms with Crippen molar-refractivity contribution < 1.29 is 22.7 Å². The van der Waals surface area contributed by atoms with Crippen LogP contribution in [-0.4, -0.2) is 48.0 Å². The first-order valence-corrected chi connectivity index (χ1v) is 8.28. The van der Waals surface area contributed by atoms with Crippen LogP contribution in [0.25, 0.3) is 11.0 Å². The lowest BCUT2D eigenvalue weighted by Gasteiger charge is -2.20. The Bertz CT molecular complexity index is 833. The lowest BCUT2D eigenvalue weighted by Crippen LogP contribution is -2.28. The highest BCUT2D eigenvalue weighted by Gasteiger charge is 2.29. The van der Waals surface area contributed by atoms with Gasteiger partial charge in [-0.25, -0.2) is 27.7 Å². The van der Waals surface area contributed by atoms with Gasteiger partial charge in [0, 0.05) is 12.5 Å². The van der Waals surface area contributed by atoms with E-state index in [2.05, 4.69) is 9.97 Å². The zero-order valence-electron chi connectivity index (χ0n) is 12.9. The van der Waals surface area contributed by atoms with Gasteiger partial charge in [0.2, 0.25) is 20.9 Å². The van der Waals surface area contributed by atoms with Crippen LogP contribution in [0.2, 0.25) is 0 Å². The second-order valence-electron chi connectivity index (χ2n) is 5.67. The maximum Gasteiger partial charge on any atom is 0.421 e. The fourth-order valence-electron chi connectivity index (χ4n) is 1.84. The van der Waals surface area contributed by atoms with Gasteiger partial charge in [-0.3, -0.25) is 0 Å². The Morgan fingerprint density at radius 2 is 1.95 bits per heavy atom. The summed E-state index contributed by atoms with van der Waals surface area (Å²) in [7, 11) is -2.37. The molecule has 2 aromatic rings. The number of rotatable bonds is 2. The fourth-order valence-corrected chi connectivity index (χ4v) is 2.60. The summed E-state index contributed by atoms with van der Waals surface area (Å²) >= 11 is 0. The molecule has 0 spiro atoms. The van der Waals surface area contributed by atoms with Gasteiger partial charge in [-0.05, 0) is 26.8 Å². The standard InChI is InChI=1S/C13H17N3O5S/c1-13(2,3)21-12(17)16-8-6-7-14-10(20-4)9(8)15-11(16)22(5,18)19/h6-7H,1-5H3. The van der Waals surface area contributed by atoms with Crippen molar-refractivity contribution in [2.75, 3.05) is 13.4 Å². The molecule has 0 saturated heterocycles. The van der Waals surface area contributed by atoms with Crippen LogP contribution in [0, 0.1) is 0 Å². The number of imidazole rings is 1. The molecule has 0 unspecified atom stereocenters. The van der Waals surface area contributed by atoms with Gasteiger partial charge in [-0.15, -0.1) is 0 Å². The van der Waals surface area contributed by atoms with Crippen LogP contribution in [0.3, 0.4) is 0 Å². The summed E-state index contributed by atoms with van der Waals surface area (Å²) in [6, 6.07) is 1.48. The Morgan fingerprint density at radius 3 is 2.45 bits per heavy atom. The van der Waals surface area contributed by atoms with Crippen molar-refractivity contribution in [3.05, 3.63) is 12.3 Å². The Hall–Kier alpha value is -2.16. The van der Waals surface area contributed by atoms with Crippen LogP contribution >= 0.6 is 0 Å². The Morgan fingerprint density at radius 1 is 1.32 bits per heavy atom. The SMILES string of the molecule is COc1nccc2c1nc(S(C)(=O)=O)n2C(=O)OC(C)(C)C. The van der Waals surface area contributed by atoms with E-state index in [9.17, 15) is 13.2 Å². The zero-order valence-corrected chi connectivity index (χ0v) is 13.8. The van der Waals surface area contributed by atoms with E-state index < -0.39 is 26.7 Å². The molecule has 0 aromatic carbocycles. The molecule has 0 saturated carbocycles. The van der Waals surface area contributed by atoms with E-state index in [1.54, 1.807) is 20.8 Å². The van der Waals surface area contributed by atoms with Crippen LogP contribution in [0.1, 0.15) is 20.8 Å². The van der Waals surface area contributed by atoms with E-state index >= 15 is 0 Å². The molecule has 0 N–H and O–H groups in total. The van der Waals surface area contributed by atoms with Gasteiger partial charge in [0.1, 0.15) is 5.60 Å². The Balaban J connectivity index is 2.77. The summed E-state index contributed by atoms with van der Waals surface area (Å²) in [5.41, 5.74) is -0.350. The van der Waals surface area contributed by atoms with E-state index in [1.807, 2.05) is 0 Å². The average molecular weight is 327 g/mol. The molecule has 0 aliphatic carbocycles. The molecule has 0 fully saturated rings. The lowest BCUT2D eigenvalue weighted by molar-refractivity contribution is 0.0528. The van der Waals surface area contributed by atoms with Crippen LogP contribution in [0.5, 0.6) is 5.88 Å². The van der Waals surface area contributed by atoms with Crippen molar-refractivity contribution in [1.82, 2.24) is 14.5 Å². The van der Waals surface area contributed by atoms with Crippen molar-refractivity contribution in [3.8, 4) is 5.88 Å². The molecule has 120 valence electrons. The summed E-state index contributed by atoms with van der Waals surface area (Å²) in [5, 5.41) is -0.414. The van der Waals surface area contributed by atoms with Gasteiger partial charge >= 0.3 is 6.09 Å². The maximum atomic E-state index is 12.4. The normalized spacial score (nSPS) is 12.4. The fraction of sp³-hybridized carbons (Fsp3) is 0.462. The highest BCUT2D eigenvalue weighted by Crippen LogP contribution is 2.26. The number of methoxy groups -OCH3 is 1. The third-order valence-corrected chi connectivity index (χ3v) is 3.55. The number of nitrogens with zero attached hydrogens (tertiary/aromatic N) is 3. The van der Waals surface area contributed by atoms with E-state index in [4.69, 9.17) is 9.47 Å². The lowest BCUT2D eigenvalue weighted by atomic mass is 10.2. The maximum absolute atomic E-state index is 12.4. The van der Waals surface area contributed by atoms with Crippen molar-refractivity contribution in [1.29, 1.82) is 0 Å². The molecule has 22 heavy (non-hydrogen) atoms. The number of carbonyl (C=O) groups is 1. The van der Waals surface area contributed by atoms with Crippen LogP contribution < -0.4 is 4.74 Å². The third kappa shape index (κ3) is 3.03. The number of hydrogen-bond acceptors (Lipinski definition) is 7. The van der Waals surface area contributed by atoms with E-state index in [-0.39, 0.29) is 16.9 Å². The molecule has 0 aliphatic heterocycles. The largest absolute Gasteiger partial charge is 0.479 e. The molecule has 9 heteroatoms. The average Bonchev–Trinajstić information content (AvgIpc) is 2.75. The minimum atomic E-state index is -3.75. The molecule has 0 aliphatic rings. The summed E-state index contributed by atoms with van der Waals surface area (Å²) in [6.45, 7) is 5.06. The molecular formula is C13H17N3O5S. The van der Waals surface area contributed by atoms with Gasteiger partial charge in [0.25, 0.3) is 0 Å². The first kappa shape index (κ1) is 16.2. The zero-order chi connectivity index (χ0) is 16.7. The van der Waals surface area contributed by atoms with E-state index in [1.165, 1.54) is 19.4 Å². The topological polar surface area (TPSA) is 100 Å². The van der Waals surface area contributed by atoms with Crippen LogP contribution in [0.15, 0.2) is 17.4 Å². The molecule has 2 aromatic heterocycles. The van der Waals surface area contributed by atoms with Gasteiger partial charge in [0.15, 0.2) is 5.52 Å². The molecule has 2 rings (SSSR count). The molecule has 0 atom stereocenters. The predicted octanol–water partition coefficient (Wildman–Crippen LogP) is 1.63. The van der Waals surface area contributed by atoms with Crippen molar-refractivity contribution in [2.45, 2.75) is 31.5 Å². The molecule has 0 amide bonds. The van der Waals surface area contributed by atoms with Crippen molar-refractivity contribution >= 4 is 27.0 Å². The first-order chi connectivity index (χ1) is 10.0.